The molecule has 25 heavy (non-hydrogen) atoms. The Balaban J connectivity index is 1.54. The second-order valence-electron chi connectivity index (χ2n) is 5.73. The molecular weight excluding hydrogens is 322 g/mol. The Hall–Kier alpha value is -2.80. The number of carbonyl (C=O) groups is 2. The summed E-state index contributed by atoms with van der Waals surface area (Å²) in [5.74, 6) is 0.388. The van der Waals surface area contributed by atoms with E-state index in [-0.39, 0.29) is 24.2 Å². The first-order valence-electron chi connectivity index (χ1n) is 8.28. The Morgan fingerprint density at radius 3 is 2.96 bits per heavy atom. The van der Waals surface area contributed by atoms with Crippen molar-refractivity contribution in [3.05, 3.63) is 48.4 Å². The molecule has 1 aromatic carbocycles. The van der Waals surface area contributed by atoms with Crippen molar-refractivity contribution in [1.29, 1.82) is 0 Å². The summed E-state index contributed by atoms with van der Waals surface area (Å²) in [5.41, 5.74) is 0.574. The van der Waals surface area contributed by atoms with Gasteiger partial charge in [0.15, 0.2) is 12.4 Å². The topological polar surface area (TPSA) is 83.8 Å². The van der Waals surface area contributed by atoms with Crippen LogP contribution in [0, 0.1) is 0 Å². The lowest BCUT2D eigenvalue weighted by atomic mass is 10.3. The van der Waals surface area contributed by atoms with Crippen molar-refractivity contribution in [2.45, 2.75) is 6.42 Å². The highest BCUT2D eigenvalue weighted by molar-refractivity contribution is 6.02. The molecule has 1 saturated heterocycles. The molecule has 2 amide bonds. The maximum absolute atomic E-state index is 12.2. The SMILES string of the molecule is O=C(Nc1cccc(OCC(=O)N2CCCNCC2)c1)c1ccco1. The lowest BCUT2D eigenvalue weighted by molar-refractivity contribution is -0.133. The number of furan rings is 1. The minimum atomic E-state index is -0.338. The number of amides is 2. The largest absolute Gasteiger partial charge is 0.484 e. The van der Waals surface area contributed by atoms with Gasteiger partial charge in [-0.15, -0.1) is 0 Å². The summed E-state index contributed by atoms with van der Waals surface area (Å²) < 4.78 is 10.6. The fraction of sp³-hybridized carbons (Fsp3) is 0.333. The fourth-order valence-electron chi connectivity index (χ4n) is 2.60. The maximum Gasteiger partial charge on any atom is 0.291 e. The molecule has 0 unspecified atom stereocenters. The van der Waals surface area contributed by atoms with E-state index in [0.29, 0.717) is 18.0 Å². The predicted molar refractivity (Wildman–Crippen MR) is 92.7 cm³/mol. The summed E-state index contributed by atoms with van der Waals surface area (Å²) in [6, 6.07) is 10.2. The zero-order valence-corrected chi connectivity index (χ0v) is 13.9. The minimum Gasteiger partial charge on any atom is -0.484 e. The molecule has 1 aliphatic rings. The average Bonchev–Trinajstić information content (AvgIpc) is 3.03. The number of hydrogen-bond acceptors (Lipinski definition) is 5. The summed E-state index contributed by atoms with van der Waals surface area (Å²) in [7, 11) is 0. The molecule has 7 heteroatoms. The van der Waals surface area contributed by atoms with E-state index in [2.05, 4.69) is 10.6 Å². The van der Waals surface area contributed by atoms with Crippen molar-refractivity contribution < 1.29 is 18.7 Å². The van der Waals surface area contributed by atoms with Crippen LogP contribution >= 0.6 is 0 Å². The average molecular weight is 343 g/mol. The van der Waals surface area contributed by atoms with Crippen LogP contribution in [-0.2, 0) is 4.79 Å². The molecule has 0 saturated carbocycles. The molecule has 0 spiro atoms. The van der Waals surface area contributed by atoms with Crippen molar-refractivity contribution in [3.63, 3.8) is 0 Å². The normalized spacial score (nSPS) is 14.6. The molecule has 1 aliphatic heterocycles. The van der Waals surface area contributed by atoms with E-state index in [1.54, 1.807) is 36.4 Å². The van der Waals surface area contributed by atoms with E-state index in [9.17, 15) is 9.59 Å². The molecule has 0 atom stereocenters. The lowest BCUT2D eigenvalue weighted by Crippen LogP contribution is -2.37. The molecule has 2 aromatic rings. The van der Waals surface area contributed by atoms with Gasteiger partial charge in [0.05, 0.1) is 6.26 Å². The molecule has 1 fully saturated rings. The Labute approximate surface area is 145 Å². The zero-order chi connectivity index (χ0) is 17.5. The van der Waals surface area contributed by atoms with Gasteiger partial charge in [0.2, 0.25) is 0 Å². The standard InChI is InChI=1S/C18H21N3O4/c22-17(21-9-3-7-19-8-10-21)13-25-15-5-1-4-14(12-15)20-18(23)16-6-2-11-24-16/h1-2,4-6,11-12,19H,3,7-10,13H2,(H,20,23). The molecule has 2 heterocycles. The van der Waals surface area contributed by atoms with Gasteiger partial charge in [0.1, 0.15) is 5.75 Å². The Kier molecular flexibility index (Phi) is 5.69. The van der Waals surface area contributed by atoms with E-state index >= 15 is 0 Å². The van der Waals surface area contributed by atoms with Gasteiger partial charge in [0.25, 0.3) is 11.8 Å². The van der Waals surface area contributed by atoms with Crippen molar-refractivity contribution in [2.75, 3.05) is 38.1 Å². The van der Waals surface area contributed by atoms with Crippen LogP contribution in [0.4, 0.5) is 5.69 Å². The van der Waals surface area contributed by atoms with E-state index in [4.69, 9.17) is 9.15 Å². The van der Waals surface area contributed by atoms with Crippen LogP contribution in [0.3, 0.4) is 0 Å². The van der Waals surface area contributed by atoms with Crippen LogP contribution in [0.1, 0.15) is 17.0 Å². The molecule has 0 bridgehead atoms. The zero-order valence-electron chi connectivity index (χ0n) is 13.9. The third-order valence-electron chi connectivity index (χ3n) is 3.89. The van der Waals surface area contributed by atoms with Crippen LogP contribution in [-0.4, -0.2) is 49.5 Å². The van der Waals surface area contributed by atoms with E-state index in [0.717, 1.165) is 26.1 Å². The quantitative estimate of drug-likeness (QED) is 0.864. The first-order valence-corrected chi connectivity index (χ1v) is 8.28. The fourth-order valence-corrected chi connectivity index (χ4v) is 2.60. The van der Waals surface area contributed by atoms with Crippen LogP contribution in [0.2, 0.25) is 0 Å². The van der Waals surface area contributed by atoms with Gasteiger partial charge in [-0.1, -0.05) is 6.07 Å². The number of ether oxygens (including phenoxy) is 1. The first-order chi connectivity index (χ1) is 12.2. The molecule has 2 N–H and O–H groups in total. The second kappa shape index (κ2) is 8.34. The first kappa shape index (κ1) is 17.0. The third-order valence-corrected chi connectivity index (χ3v) is 3.89. The molecule has 1 aromatic heterocycles. The van der Waals surface area contributed by atoms with E-state index in [1.165, 1.54) is 6.26 Å². The molecule has 3 rings (SSSR count). The number of carbonyl (C=O) groups excluding carboxylic acids is 2. The highest BCUT2D eigenvalue weighted by Crippen LogP contribution is 2.18. The van der Waals surface area contributed by atoms with Crippen LogP contribution in [0.15, 0.2) is 47.1 Å². The van der Waals surface area contributed by atoms with Crippen molar-refractivity contribution in [2.24, 2.45) is 0 Å². The number of nitrogens with one attached hydrogen (secondary N) is 2. The third kappa shape index (κ3) is 4.84. The van der Waals surface area contributed by atoms with Crippen LogP contribution < -0.4 is 15.4 Å². The molecule has 7 nitrogen and oxygen atoms in total. The molecular formula is C18H21N3O4. The Morgan fingerprint density at radius 1 is 1.20 bits per heavy atom. The number of rotatable bonds is 5. The van der Waals surface area contributed by atoms with Crippen molar-refractivity contribution >= 4 is 17.5 Å². The van der Waals surface area contributed by atoms with Gasteiger partial charge in [-0.25, -0.2) is 0 Å². The van der Waals surface area contributed by atoms with Gasteiger partial charge in [-0.3, -0.25) is 9.59 Å². The number of anilines is 1. The van der Waals surface area contributed by atoms with Gasteiger partial charge in [-0.2, -0.15) is 0 Å². The van der Waals surface area contributed by atoms with Crippen molar-refractivity contribution in [3.8, 4) is 5.75 Å². The van der Waals surface area contributed by atoms with Gasteiger partial charge < -0.3 is 24.7 Å². The van der Waals surface area contributed by atoms with Gasteiger partial charge in [0, 0.05) is 31.4 Å². The minimum absolute atomic E-state index is 0.0183. The molecule has 0 aliphatic carbocycles. The lowest BCUT2D eigenvalue weighted by Gasteiger charge is -2.20. The monoisotopic (exact) mass is 343 g/mol. The van der Waals surface area contributed by atoms with E-state index in [1.807, 2.05) is 4.90 Å². The van der Waals surface area contributed by atoms with Gasteiger partial charge in [-0.05, 0) is 37.2 Å². The number of nitrogens with zero attached hydrogens (tertiary/aromatic N) is 1. The highest BCUT2D eigenvalue weighted by Gasteiger charge is 2.16. The van der Waals surface area contributed by atoms with Crippen LogP contribution in [0.25, 0.3) is 0 Å². The molecule has 132 valence electrons. The van der Waals surface area contributed by atoms with Crippen molar-refractivity contribution in [1.82, 2.24) is 10.2 Å². The van der Waals surface area contributed by atoms with E-state index < -0.39 is 0 Å². The predicted octanol–water partition coefficient (Wildman–Crippen LogP) is 1.73. The maximum atomic E-state index is 12.2. The highest BCUT2D eigenvalue weighted by atomic mass is 16.5. The summed E-state index contributed by atoms with van der Waals surface area (Å²) in [6.45, 7) is 3.16. The van der Waals surface area contributed by atoms with Crippen LogP contribution in [0.5, 0.6) is 5.75 Å². The number of benzene rings is 1. The number of hydrogen-bond donors (Lipinski definition) is 2. The summed E-state index contributed by atoms with van der Waals surface area (Å²) in [6.07, 6.45) is 2.39. The van der Waals surface area contributed by atoms with Gasteiger partial charge >= 0.3 is 0 Å². The smallest absolute Gasteiger partial charge is 0.291 e. The summed E-state index contributed by atoms with van der Waals surface area (Å²) in [5, 5.41) is 5.99. The molecule has 0 radical (unpaired) electrons. The second-order valence-corrected chi connectivity index (χ2v) is 5.73. The summed E-state index contributed by atoms with van der Waals surface area (Å²) >= 11 is 0. The Bertz CT molecular complexity index is 707. The summed E-state index contributed by atoms with van der Waals surface area (Å²) in [4.78, 5) is 26.0. The Morgan fingerprint density at radius 2 is 2.12 bits per heavy atom.